The van der Waals surface area contributed by atoms with Gasteiger partial charge in [-0.25, -0.2) is 4.98 Å². The van der Waals surface area contributed by atoms with Crippen molar-refractivity contribution in [1.29, 1.82) is 0 Å². The number of imidazole rings is 1. The average Bonchev–Trinajstić information content (AvgIpc) is 2.52. The summed E-state index contributed by atoms with van der Waals surface area (Å²) in [6, 6.07) is 7.54. The third-order valence-corrected chi connectivity index (χ3v) is 1.79. The maximum absolute atomic E-state index is 5.64. The minimum atomic E-state index is 0. The zero-order chi connectivity index (χ0) is 9.26. The van der Waals surface area contributed by atoms with Gasteiger partial charge in [-0.1, -0.05) is 12.1 Å². The van der Waals surface area contributed by atoms with E-state index < -0.39 is 0 Å². The van der Waals surface area contributed by atoms with E-state index in [1.165, 1.54) is 0 Å². The van der Waals surface area contributed by atoms with Gasteiger partial charge in [0.25, 0.3) is 0 Å². The fourth-order valence-electron chi connectivity index (χ4n) is 1.19. The summed E-state index contributed by atoms with van der Waals surface area (Å²) in [4.78, 5) is 6.83. The van der Waals surface area contributed by atoms with Crippen LogP contribution in [0.5, 0.6) is 0 Å². The lowest BCUT2D eigenvalue weighted by Crippen LogP contribution is -1.87. The predicted molar refractivity (Wildman–Crippen MR) is 60.1 cm³/mol. The quantitative estimate of drug-likeness (QED) is 0.627. The van der Waals surface area contributed by atoms with Crippen molar-refractivity contribution in [3.05, 3.63) is 30.5 Å². The lowest BCUT2D eigenvalue weighted by atomic mass is 10.1. The molecule has 5 N–H and O–H groups in total. The molecule has 0 spiro atoms. The molecule has 1 heterocycles. The molecule has 74 valence electrons. The van der Waals surface area contributed by atoms with Gasteiger partial charge in [-0.05, 0) is 12.1 Å². The van der Waals surface area contributed by atoms with Gasteiger partial charge in [-0.2, -0.15) is 0 Å². The molecule has 4 nitrogen and oxygen atoms in total. The maximum atomic E-state index is 5.64. The minimum absolute atomic E-state index is 0. The largest absolute Gasteiger partial charge is 0.399 e. The minimum Gasteiger partial charge on any atom is -0.399 e. The second kappa shape index (κ2) is 4.02. The fraction of sp³-hybridized carbons (Fsp3) is 0. The molecule has 0 unspecified atom stereocenters. The summed E-state index contributed by atoms with van der Waals surface area (Å²) in [5, 5.41) is 0. The van der Waals surface area contributed by atoms with Crippen LogP contribution in [0.4, 0.5) is 11.6 Å². The number of halogens is 1. The summed E-state index contributed by atoms with van der Waals surface area (Å²) in [7, 11) is 0. The Balaban J connectivity index is 0.000000980. The Bertz CT molecular complexity index is 424. The number of anilines is 2. The number of H-pyrrole nitrogens is 1. The van der Waals surface area contributed by atoms with Gasteiger partial charge in [-0.15, -0.1) is 12.4 Å². The van der Waals surface area contributed by atoms with E-state index in [0.29, 0.717) is 5.95 Å². The van der Waals surface area contributed by atoms with Crippen molar-refractivity contribution < 1.29 is 0 Å². The molecule has 0 aliphatic rings. The second-order valence-corrected chi connectivity index (χ2v) is 2.81. The summed E-state index contributed by atoms with van der Waals surface area (Å²) in [6.45, 7) is 0. The molecule has 0 radical (unpaired) electrons. The topological polar surface area (TPSA) is 80.7 Å². The molecule has 0 amide bonds. The molecule has 0 fully saturated rings. The Morgan fingerprint density at radius 3 is 2.57 bits per heavy atom. The van der Waals surface area contributed by atoms with Gasteiger partial charge in [0, 0.05) is 11.3 Å². The molecule has 0 saturated heterocycles. The lowest BCUT2D eigenvalue weighted by Gasteiger charge is -1.97. The van der Waals surface area contributed by atoms with E-state index in [1.54, 1.807) is 6.20 Å². The Morgan fingerprint density at radius 1 is 1.21 bits per heavy atom. The smallest absolute Gasteiger partial charge is 0.197 e. The summed E-state index contributed by atoms with van der Waals surface area (Å²) < 4.78 is 0. The first-order valence-corrected chi connectivity index (χ1v) is 3.92. The molecule has 0 aliphatic carbocycles. The Hall–Kier alpha value is -1.68. The molecular formula is C9H11ClN4. The Morgan fingerprint density at radius 2 is 2.00 bits per heavy atom. The number of nitrogens with zero attached hydrogens (tertiary/aromatic N) is 1. The number of hydrogen-bond acceptors (Lipinski definition) is 3. The lowest BCUT2D eigenvalue weighted by molar-refractivity contribution is 1.33. The molecule has 1 aromatic heterocycles. The predicted octanol–water partition coefficient (Wildman–Crippen LogP) is 1.66. The van der Waals surface area contributed by atoms with Gasteiger partial charge >= 0.3 is 0 Å². The van der Waals surface area contributed by atoms with Crippen LogP contribution in [0, 0.1) is 0 Å². The van der Waals surface area contributed by atoms with Crippen molar-refractivity contribution in [3.8, 4) is 11.3 Å². The third kappa shape index (κ3) is 1.97. The van der Waals surface area contributed by atoms with Crippen molar-refractivity contribution in [2.24, 2.45) is 0 Å². The molecule has 5 heteroatoms. The van der Waals surface area contributed by atoms with Gasteiger partial charge in [0.2, 0.25) is 0 Å². The van der Waals surface area contributed by atoms with Gasteiger partial charge in [-0.3, -0.25) is 0 Å². The molecule has 2 aromatic rings. The van der Waals surface area contributed by atoms with Crippen LogP contribution in [0.1, 0.15) is 0 Å². The summed E-state index contributed by atoms with van der Waals surface area (Å²) >= 11 is 0. The number of benzene rings is 1. The molecule has 2 rings (SSSR count). The summed E-state index contributed by atoms with van der Waals surface area (Å²) in [5.74, 6) is 0.414. The van der Waals surface area contributed by atoms with Gasteiger partial charge in [0.1, 0.15) is 0 Å². The Kier molecular flexibility index (Phi) is 2.99. The number of nitrogens with one attached hydrogen (secondary N) is 1. The van der Waals surface area contributed by atoms with Gasteiger partial charge in [0.05, 0.1) is 11.9 Å². The zero-order valence-electron chi connectivity index (χ0n) is 7.40. The first-order chi connectivity index (χ1) is 6.25. The van der Waals surface area contributed by atoms with E-state index >= 15 is 0 Å². The summed E-state index contributed by atoms with van der Waals surface area (Å²) in [6.07, 6.45) is 1.68. The monoisotopic (exact) mass is 210 g/mol. The van der Waals surface area contributed by atoms with Gasteiger partial charge in [0.15, 0.2) is 5.95 Å². The van der Waals surface area contributed by atoms with Crippen LogP contribution in [0.3, 0.4) is 0 Å². The number of rotatable bonds is 1. The second-order valence-electron chi connectivity index (χ2n) is 2.81. The van der Waals surface area contributed by atoms with Crippen molar-refractivity contribution >= 4 is 24.0 Å². The highest BCUT2D eigenvalue weighted by Gasteiger charge is 2.00. The first kappa shape index (κ1) is 10.4. The maximum Gasteiger partial charge on any atom is 0.197 e. The number of nitrogens with two attached hydrogens (primary N) is 2. The molecule has 0 atom stereocenters. The number of nitrogen functional groups attached to an aromatic ring is 2. The molecule has 1 aromatic carbocycles. The average molecular weight is 211 g/mol. The van der Waals surface area contributed by atoms with E-state index in [1.807, 2.05) is 24.3 Å². The van der Waals surface area contributed by atoms with E-state index in [2.05, 4.69) is 9.97 Å². The van der Waals surface area contributed by atoms with Crippen LogP contribution >= 0.6 is 12.4 Å². The molecule has 14 heavy (non-hydrogen) atoms. The standard InChI is InChI=1S/C9H10N4.ClH/c10-7-3-1-2-6(4-7)8-5-12-9(11)13-8;/h1-5H,10H2,(H3,11,12,13);1H. The van der Waals surface area contributed by atoms with Crippen molar-refractivity contribution in [2.75, 3.05) is 11.5 Å². The van der Waals surface area contributed by atoms with E-state index in [0.717, 1.165) is 16.9 Å². The number of aromatic nitrogens is 2. The zero-order valence-corrected chi connectivity index (χ0v) is 8.21. The van der Waals surface area contributed by atoms with E-state index in [9.17, 15) is 0 Å². The van der Waals surface area contributed by atoms with Gasteiger partial charge < -0.3 is 16.5 Å². The van der Waals surface area contributed by atoms with Crippen LogP contribution in [-0.2, 0) is 0 Å². The van der Waals surface area contributed by atoms with Crippen LogP contribution < -0.4 is 11.5 Å². The van der Waals surface area contributed by atoms with Crippen molar-refractivity contribution in [1.82, 2.24) is 9.97 Å². The SMILES string of the molecule is Cl.Nc1cccc(-c2cnc(N)[nH]2)c1. The molecule has 0 aliphatic heterocycles. The van der Waals surface area contributed by atoms with Crippen LogP contribution in [0.2, 0.25) is 0 Å². The molecular weight excluding hydrogens is 200 g/mol. The van der Waals surface area contributed by atoms with Crippen molar-refractivity contribution in [3.63, 3.8) is 0 Å². The fourth-order valence-corrected chi connectivity index (χ4v) is 1.19. The first-order valence-electron chi connectivity index (χ1n) is 3.92. The highest BCUT2D eigenvalue weighted by molar-refractivity contribution is 5.85. The van der Waals surface area contributed by atoms with Crippen LogP contribution in [-0.4, -0.2) is 9.97 Å². The molecule has 0 bridgehead atoms. The highest BCUT2D eigenvalue weighted by atomic mass is 35.5. The normalized spacial score (nSPS) is 9.43. The van der Waals surface area contributed by atoms with Crippen LogP contribution in [0.25, 0.3) is 11.3 Å². The summed E-state index contributed by atoms with van der Waals surface area (Å²) in [5.41, 5.74) is 13.7. The number of hydrogen-bond donors (Lipinski definition) is 3. The highest BCUT2D eigenvalue weighted by Crippen LogP contribution is 2.19. The Labute approximate surface area is 87.8 Å². The molecule has 0 saturated carbocycles. The third-order valence-electron chi connectivity index (χ3n) is 1.79. The van der Waals surface area contributed by atoms with Crippen molar-refractivity contribution in [2.45, 2.75) is 0 Å². The van der Waals surface area contributed by atoms with E-state index in [4.69, 9.17) is 11.5 Å². The van der Waals surface area contributed by atoms with E-state index in [-0.39, 0.29) is 12.4 Å². The van der Waals surface area contributed by atoms with Crippen LogP contribution in [0.15, 0.2) is 30.5 Å². The number of aromatic amines is 1.